The molecule has 6 heteroatoms. The van der Waals surface area contributed by atoms with E-state index in [2.05, 4.69) is 20.6 Å². The number of hydrogen-bond acceptors (Lipinski definition) is 4. The molecular weight excluding hydrogens is 295 g/mol. The third-order valence-corrected chi connectivity index (χ3v) is 3.18. The number of anilines is 3. The highest BCUT2D eigenvalue weighted by Crippen LogP contribution is 2.31. The van der Waals surface area contributed by atoms with E-state index in [0.717, 1.165) is 0 Å². The van der Waals surface area contributed by atoms with Crippen molar-refractivity contribution in [2.24, 2.45) is 0 Å². The number of halogens is 2. The maximum absolute atomic E-state index is 6.14. The lowest BCUT2D eigenvalue weighted by Crippen LogP contribution is -2.27. The topological polar surface area (TPSA) is 49.8 Å². The van der Waals surface area contributed by atoms with Crippen LogP contribution in [0.5, 0.6) is 0 Å². The molecule has 0 radical (unpaired) electrons. The Morgan fingerprint density at radius 2 is 1.85 bits per heavy atom. The summed E-state index contributed by atoms with van der Waals surface area (Å²) in [5.41, 5.74) is 0.603. The molecule has 0 saturated heterocycles. The molecule has 0 aliphatic rings. The van der Waals surface area contributed by atoms with E-state index in [1.807, 2.05) is 32.9 Å². The first kappa shape index (κ1) is 14.9. The summed E-state index contributed by atoms with van der Waals surface area (Å²) in [6.07, 6.45) is 1.68. The van der Waals surface area contributed by atoms with Crippen LogP contribution in [0.1, 0.15) is 20.8 Å². The molecule has 106 valence electrons. The second kappa shape index (κ2) is 5.85. The van der Waals surface area contributed by atoms with E-state index >= 15 is 0 Å². The average molecular weight is 311 g/mol. The second-order valence-corrected chi connectivity index (χ2v) is 6.15. The van der Waals surface area contributed by atoms with Gasteiger partial charge >= 0.3 is 0 Å². The van der Waals surface area contributed by atoms with Crippen molar-refractivity contribution in [3.8, 4) is 0 Å². The van der Waals surface area contributed by atoms with Gasteiger partial charge in [-0.3, -0.25) is 0 Å². The average Bonchev–Trinajstić information content (AvgIpc) is 2.33. The molecule has 0 bridgehead atoms. The van der Waals surface area contributed by atoms with Gasteiger partial charge in [0, 0.05) is 11.7 Å². The Morgan fingerprint density at radius 3 is 2.55 bits per heavy atom. The van der Waals surface area contributed by atoms with Crippen LogP contribution in [-0.2, 0) is 0 Å². The molecule has 4 nitrogen and oxygen atoms in total. The Hall–Kier alpha value is -1.52. The quantitative estimate of drug-likeness (QED) is 0.860. The predicted octanol–water partition coefficient (Wildman–Crippen LogP) is 4.74. The first-order valence-corrected chi connectivity index (χ1v) is 6.93. The molecule has 0 spiro atoms. The molecule has 0 unspecified atom stereocenters. The van der Waals surface area contributed by atoms with Crippen LogP contribution in [0.25, 0.3) is 0 Å². The van der Waals surface area contributed by atoms with E-state index in [9.17, 15) is 0 Å². The summed E-state index contributed by atoms with van der Waals surface area (Å²) in [5, 5.41) is 7.31. The first-order valence-electron chi connectivity index (χ1n) is 6.17. The zero-order chi connectivity index (χ0) is 14.8. The van der Waals surface area contributed by atoms with Gasteiger partial charge in [-0.05, 0) is 39.0 Å². The number of aromatic nitrogens is 2. The van der Waals surface area contributed by atoms with Gasteiger partial charge in [0.25, 0.3) is 0 Å². The van der Waals surface area contributed by atoms with Crippen molar-refractivity contribution in [2.75, 3.05) is 10.6 Å². The van der Waals surface area contributed by atoms with Crippen molar-refractivity contribution >= 4 is 40.7 Å². The summed E-state index contributed by atoms with van der Waals surface area (Å²) in [6.45, 7) is 6.14. The highest BCUT2D eigenvalue weighted by molar-refractivity contribution is 6.43. The van der Waals surface area contributed by atoms with Crippen molar-refractivity contribution in [2.45, 2.75) is 26.3 Å². The van der Waals surface area contributed by atoms with Crippen LogP contribution in [0.2, 0.25) is 10.0 Å². The summed E-state index contributed by atoms with van der Waals surface area (Å²) in [7, 11) is 0. The molecule has 2 rings (SSSR count). The lowest BCUT2D eigenvalue weighted by atomic mass is 10.1. The number of benzene rings is 1. The lowest BCUT2D eigenvalue weighted by Gasteiger charge is -2.20. The largest absolute Gasteiger partial charge is 0.350 e. The molecule has 1 aromatic carbocycles. The summed E-state index contributed by atoms with van der Waals surface area (Å²) in [4.78, 5) is 8.57. The van der Waals surface area contributed by atoms with Crippen LogP contribution < -0.4 is 10.6 Å². The molecule has 1 heterocycles. The SMILES string of the molecule is CC(C)(C)Nc1nccc(Nc2cccc(Cl)c2Cl)n1. The van der Waals surface area contributed by atoms with Gasteiger partial charge in [-0.1, -0.05) is 29.3 Å². The normalized spacial score (nSPS) is 11.2. The van der Waals surface area contributed by atoms with Gasteiger partial charge in [0.15, 0.2) is 0 Å². The fourth-order valence-electron chi connectivity index (χ4n) is 1.56. The van der Waals surface area contributed by atoms with Crippen LogP contribution in [0.4, 0.5) is 17.5 Å². The molecule has 0 aliphatic heterocycles. The van der Waals surface area contributed by atoms with E-state index in [0.29, 0.717) is 27.5 Å². The third kappa shape index (κ3) is 3.99. The van der Waals surface area contributed by atoms with Crippen molar-refractivity contribution in [1.29, 1.82) is 0 Å². The molecule has 0 atom stereocenters. The van der Waals surface area contributed by atoms with Crippen LogP contribution in [0.3, 0.4) is 0 Å². The first-order chi connectivity index (χ1) is 9.35. The molecule has 2 N–H and O–H groups in total. The minimum atomic E-state index is -0.105. The van der Waals surface area contributed by atoms with E-state index in [1.54, 1.807) is 18.3 Å². The fourth-order valence-corrected chi connectivity index (χ4v) is 1.91. The zero-order valence-corrected chi connectivity index (χ0v) is 13.0. The van der Waals surface area contributed by atoms with Crippen molar-refractivity contribution in [3.05, 3.63) is 40.5 Å². The minimum Gasteiger partial charge on any atom is -0.350 e. The molecule has 0 amide bonds. The van der Waals surface area contributed by atoms with Gasteiger partial charge in [-0.2, -0.15) is 4.98 Å². The summed E-state index contributed by atoms with van der Waals surface area (Å²) >= 11 is 12.1. The van der Waals surface area contributed by atoms with E-state index in [4.69, 9.17) is 23.2 Å². The zero-order valence-electron chi connectivity index (χ0n) is 11.5. The Bertz CT molecular complexity index is 608. The van der Waals surface area contributed by atoms with Crippen molar-refractivity contribution < 1.29 is 0 Å². The number of nitrogens with one attached hydrogen (secondary N) is 2. The molecule has 0 saturated carbocycles. The van der Waals surface area contributed by atoms with Gasteiger partial charge in [0.05, 0.1) is 15.7 Å². The van der Waals surface area contributed by atoms with Gasteiger partial charge in [-0.15, -0.1) is 0 Å². The Morgan fingerprint density at radius 1 is 1.10 bits per heavy atom. The molecular formula is C14H16Cl2N4. The highest BCUT2D eigenvalue weighted by Gasteiger charge is 2.12. The Balaban J connectivity index is 2.22. The summed E-state index contributed by atoms with van der Waals surface area (Å²) in [5.74, 6) is 1.21. The molecule has 20 heavy (non-hydrogen) atoms. The maximum Gasteiger partial charge on any atom is 0.225 e. The number of hydrogen-bond donors (Lipinski definition) is 2. The van der Waals surface area contributed by atoms with Crippen molar-refractivity contribution in [3.63, 3.8) is 0 Å². The predicted molar refractivity (Wildman–Crippen MR) is 85.2 cm³/mol. The highest BCUT2D eigenvalue weighted by atomic mass is 35.5. The smallest absolute Gasteiger partial charge is 0.225 e. The molecule has 1 aromatic heterocycles. The van der Waals surface area contributed by atoms with Gasteiger partial charge in [0.1, 0.15) is 5.82 Å². The second-order valence-electron chi connectivity index (χ2n) is 5.37. The molecule has 0 aliphatic carbocycles. The Kier molecular flexibility index (Phi) is 4.35. The Labute approximate surface area is 128 Å². The standard InChI is InChI=1S/C14H16Cl2N4/c1-14(2,3)20-13-17-8-7-11(19-13)18-10-6-4-5-9(15)12(10)16/h4-8H,1-3H3,(H2,17,18,19,20). The van der Waals surface area contributed by atoms with Crippen LogP contribution in [-0.4, -0.2) is 15.5 Å². The van der Waals surface area contributed by atoms with E-state index in [1.165, 1.54) is 0 Å². The van der Waals surface area contributed by atoms with Gasteiger partial charge < -0.3 is 10.6 Å². The van der Waals surface area contributed by atoms with Crippen LogP contribution in [0, 0.1) is 0 Å². The van der Waals surface area contributed by atoms with E-state index < -0.39 is 0 Å². The van der Waals surface area contributed by atoms with Gasteiger partial charge in [0.2, 0.25) is 5.95 Å². The molecule has 2 aromatic rings. The minimum absolute atomic E-state index is 0.105. The number of nitrogens with zero attached hydrogens (tertiary/aromatic N) is 2. The lowest BCUT2D eigenvalue weighted by molar-refractivity contribution is 0.626. The third-order valence-electron chi connectivity index (χ3n) is 2.36. The van der Waals surface area contributed by atoms with Crippen LogP contribution in [0.15, 0.2) is 30.5 Å². The number of rotatable bonds is 3. The van der Waals surface area contributed by atoms with Gasteiger partial charge in [-0.25, -0.2) is 4.98 Å². The van der Waals surface area contributed by atoms with Crippen LogP contribution >= 0.6 is 23.2 Å². The summed E-state index contributed by atoms with van der Waals surface area (Å²) < 4.78 is 0. The maximum atomic E-state index is 6.14. The van der Waals surface area contributed by atoms with E-state index in [-0.39, 0.29) is 5.54 Å². The monoisotopic (exact) mass is 310 g/mol. The molecule has 0 fully saturated rings. The summed E-state index contributed by atoms with van der Waals surface area (Å²) in [6, 6.07) is 7.17. The van der Waals surface area contributed by atoms with Crippen molar-refractivity contribution in [1.82, 2.24) is 9.97 Å². The fraction of sp³-hybridized carbons (Fsp3) is 0.286.